The van der Waals surface area contributed by atoms with Gasteiger partial charge in [-0.05, 0) is 24.5 Å². The second kappa shape index (κ2) is 5.16. The summed E-state index contributed by atoms with van der Waals surface area (Å²) in [5.41, 5.74) is 9.47. The lowest BCUT2D eigenvalue weighted by molar-refractivity contribution is 0.604. The quantitative estimate of drug-likeness (QED) is 0.902. The van der Waals surface area contributed by atoms with Crippen LogP contribution in [0.3, 0.4) is 0 Å². The van der Waals surface area contributed by atoms with Crippen molar-refractivity contribution < 1.29 is 4.39 Å². The molecule has 0 aromatic carbocycles. The van der Waals surface area contributed by atoms with Gasteiger partial charge in [0.1, 0.15) is 5.82 Å². The summed E-state index contributed by atoms with van der Waals surface area (Å²) in [6.07, 6.45) is 4.44. The van der Waals surface area contributed by atoms with Crippen LogP contribution in [0.2, 0.25) is 0 Å². The van der Waals surface area contributed by atoms with E-state index in [1.807, 2.05) is 18.5 Å². The fourth-order valence-electron chi connectivity index (χ4n) is 2.05. The van der Waals surface area contributed by atoms with Gasteiger partial charge in [0, 0.05) is 6.20 Å². The molecule has 0 unspecified atom stereocenters. The molecule has 18 heavy (non-hydrogen) atoms. The summed E-state index contributed by atoms with van der Waals surface area (Å²) in [5, 5.41) is 4.47. The van der Waals surface area contributed by atoms with Crippen LogP contribution in [0, 0.1) is 5.82 Å². The predicted molar refractivity (Wildman–Crippen MR) is 68.7 cm³/mol. The van der Waals surface area contributed by atoms with Gasteiger partial charge in [0.2, 0.25) is 0 Å². The summed E-state index contributed by atoms with van der Waals surface area (Å²) in [5.74, 6) is -0.332. The molecule has 4 nitrogen and oxygen atoms in total. The lowest BCUT2D eigenvalue weighted by Crippen LogP contribution is -2.07. The fraction of sp³-hybridized carbons (Fsp3) is 0.385. The van der Waals surface area contributed by atoms with Crippen molar-refractivity contribution in [1.29, 1.82) is 0 Å². The third kappa shape index (κ3) is 2.34. The normalized spacial score (nSPS) is 10.8. The van der Waals surface area contributed by atoms with Gasteiger partial charge in [0.05, 0.1) is 29.8 Å². The molecule has 0 atom stereocenters. The van der Waals surface area contributed by atoms with Crippen molar-refractivity contribution in [2.75, 3.05) is 5.73 Å². The molecule has 0 radical (unpaired) electrons. The van der Waals surface area contributed by atoms with Crippen LogP contribution in [0.1, 0.15) is 30.8 Å². The molecule has 0 spiro atoms. The third-order valence-corrected chi connectivity index (χ3v) is 2.94. The van der Waals surface area contributed by atoms with Crippen molar-refractivity contribution >= 4 is 5.69 Å². The van der Waals surface area contributed by atoms with Gasteiger partial charge in [0.15, 0.2) is 0 Å². The zero-order valence-corrected chi connectivity index (χ0v) is 10.7. The second-order valence-corrected chi connectivity index (χ2v) is 4.18. The molecule has 0 aliphatic rings. The lowest BCUT2D eigenvalue weighted by Gasteiger charge is -2.06. The van der Waals surface area contributed by atoms with Gasteiger partial charge in [-0.3, -0.25) is 9.67 Å². The fourth-order valence-corrected chi connectivity index (χ4v) is 2.05. The van der Waals surface area contributed by atoms with Crippen molar-refractivity contribution in [3.8, 4) is 0 Å². The van der Waals surface area contributed by atoms with E-state index in [4.69, 9.17) is 5.73 Å². The SMILES string of the molecule is CCc1nn(Cc2cncc(F)c2)c(CC)c1N. The smallest absolute Gasteiger partial charge is 0.141 e. The molecule has 0 bridgehead atoms. The Balaban J connectivity index is 2.34. The van der Waals surface area contributed by atoms with Gasteiger partial charge >= 0.3 is 0 Å². The Kier molecular flexibility index (Phi) is 3.60. The number of anilines is 1. The van der Waals surface area contributed by atoms with Gasteiger partial charge < -0.3 is 5.73 Å². The topological polar surface area (TPSA) is 56.7 Å². The van der Waals surface area contributed by atoms with E-state index in [-0.39, 0.29) is 5.82 Å². The van der Waals surface area contributed by atoms with Crippen LogP contribution in [0.5, 0.6) is 0 Å². The number of halogens is 1. The van der Waals surface area contributed by atoms with Crippen LogP contribution >= 0.6 is 0 Å². The van der Waals surface area contributed by atoms with E-state index in [1.54, 1.807) is 6.20 Å². The Labute approximate surface area is 106 Å². The van der Waals surface area contributed by atoms with Crippen molar-refractivity contribution in [1.82, 2.24) is 14.8 Å². The highest BCUT2D eigenvalue weighted by Crippen LogP contribution is 2.19. The lowest BCUT2D eigenvalue weighted by atomic mass is 10.2. The standard InChI is InChI=1S/C13H17FN4/c1-3-11-13(15)12(4-2)18(17-11)8-9-5-10(14)7-16-6-9/h5-7H,3-4,8,15H2,1-2H3. The van der Waals surface area contributed by atoms with E-state index in [9.17, 15) is 4.39 Å². The number of nitrogens with two attached hydrogens (primary N) is 1. The number of nitrogen functional groups attached to an aromatic ring is 1. The van der Waals surface area contributed by atoms with Crippen LogP contribution in [0.25, 0.3) is 0 Å². The third-order valence-electron chi connectivity index (χ3n) is 2.94. The van der Waals surface area contributed by atoms with E-state index in [0.29, 0.717) is 6.54 Å². The average Bonchev–Trinajstić information content (AvgIpc) is 2.65. The van der Waals surface area contributed by atoms with E-state index < -0.39 is 0 Å². The van der Waals surface area contributed by atoms with Crippen LogP contribution in [-0.2, 0) is 19.4 Å². The zero-order chi connectivity index (χ0) is 13.1. The Morgan fingerprint density at radius 1 is 1.28 bits per heavy atom. The largest absolute Gasteiger partial charge is 0.396 e. The summed E-state index contributed by atoms with van der Waals surface area (Å²) in [6, 6.07) is 1.47. The number of hydrogen-bond acceptors (Lipinski definition) is 3. The Morgan fingerprint density at radius 3 is 2.67 bits per heavy atom. The molecule has 2 aromatic heterocycles. The van der Waals surface area contributed by atoms with Crippen LogP contribution in [0.4, 0.5) is 10.1 Å². The minimum atomic E-state index is -0.332. The highest BCUT2D eigenvalue weighted by Gasteiger charge is 2.12. The first-order valence-electron chi connectivity index (χ1n) is 6.09. The molecule has 0 saturated carbocycles. The summed E-state index contributed by atoms with van der Waals surface area (Å²) in [7, 11) is 0. The number of nitrogens with zero attached hydrogens (tertiary/aromatic N) is 3. The maximum Gasteiger partial charge on any atom is 0.141 e. The molecular weight excluding hydrogens is 231 g/mol. The van der Waals surface area contributed by atoms with Gasteiger partial charge in [0.25, 0.3) is 0 Å². The van der Waals surface area contributed by atoms with E-state index >= 15 is 0 Å². The van der Waals surface area contributed by atoms with Gasteiger partial charge in [-0.1, -0.05) is 13.8 Å². The van der Waals surface area contributed by atoms with Crippen molar-refractivity contribution in [3.05, 3.63) is 41.2 Å². The molecule has 96 valence electrons. The van der Waals surface area contributed by atoms with E-state index in [2.05, 4.69) is 10.1 Å². The molecule has 5 heteroatoms. The molecule has 0 aliphatic heterocycles. The average molecular weight is 248 g/mol. The summed E-state index contributed by atoms with van der Waals surface area (Å²) >= 11 is 0. The van der Waals surface area contributed by atoms with Crippen molar-refractivity contribution in [2.24, 2.45) is 0 Å². The first kappa shape index (κ1) is 12.5. The number of aryl methyl sites for hydroxylation is 1. The summed E-state index contributed by atoms with van der Waals surface area (Å²) < 4.78 is 14.9. The summed E-state index contributed by atoms with van der Waals surface area (Å²) in [6.45, 7) is 4.55. The number of rotatable bonds is 4. The molecular formula is C13H17FN4. The van der Waals surface area contributed by atoms with Crippen LogP contribution in [0.15, 0.2) is 18.5 Å². The zero-order valence-electron chi connectivity index (χ0n) is 10.7. The first-order valence-corrected chi connectivity index (χ1v) is 6.09. The predicted octanol–water partition coefficient (Wildman–Crippen LogP) is 2.17. The first-order chi connectivity index (χ1) is 8.65. The minimum Gasteiger partial charge on any atom is -0.396 e. The van der Waals surface area contributed by atoms with Gasteiger partial charge in [-0.15, -0.1) is 0 Å². The van der Waals surface area contributed by atoms with E-state index in [0.717, 1.165) is 35.5 Å². The Morgan fingerprint density at radius 2 is 2.06 bits per heavy atom. The monoisotopic (exact) mass is 248 g/mol. The minimum absolute atomic E-state index is 0.332. The molecule has 0 saturated heterocycles. The molecule has 2 heterocycles. The second-order valence-electron chi connectivity index (χ2n) is 4.18. The molecule has 2 N–H and O–H groups in total. The molecule has 2 aromatic rings. The maximum absolute atomic E-state index is 13.1. The highest BCUT2D eigenvalue weighted by atomic mass is 19.1. The van der Waals surface area contributed by atoms with E-state index in [1.165, 1.54) is 12.3 Å². The Hall–Kier alpha value is -1.91. The molecule has 0 fully saturated rings. The number of hydrogen-bond donors (Lipinski definition) is 1. The Bertz CT molecular complexity index is 548. The number of aromatic nitrogens is 3. The van der Waals surface area contributed by atoms with Crippen molar-refractivity contribution in [2.45, 2.75) is 33.2 Å². The maximum atomic E-state index is 13.1. The molecule has 0 amide bonds. The molecule has 0 aliphatic carbocycles. The van der Waals surface area contributed by atoms with Crippen molar-refractivity contribution in [3.63, 3.8) is 0 Å². The van der Waals surface area contributed by atoms with Crippen LogP contribution < -0.4 is 5.73 Å². The summed E-state index contributed by atoms with van der Waals surface area (Å²) in [4.78, 5) is 3.84. The van der Waals surface area contributed by atoms with Gasteiger partial charge in [-0.2, -0.15) is 5.10 Å². The highest BCUT2D eigenvalue weighted by molar-refractivity contribution is 5.48. The van der Waals surface area contributed by atoms with Crippen LogP contribution in [-0.4, -0.2) is 14.8 Å². The molecule has 2 rings (SSSR count). The van der Waals surface area contributed by atoms with Gasteiger partial charge in [-0.25, -0.2) is 4.39 Å². The number of pyridine rings is 1.